The van der Waals surface area contributed by atoms with Gasteiger partial charge < -0.3 is 19.7 Å². The first-order valence-electron chi connectivity index (χ1n) is 8.83. The molecule has 0 aromatic heterocycles. The maximum absolute atomic E-state index is 12.4. The molecule has 27 heavy (non-hydrogen) atoms. The standard InChI is InChI=1S/C20H22Cl2N2O3/c1-26-18-4-2-3-5-19(18)27-16-8-10-24(11-9-16)20(25)23-13-14-6-7-15(21)12-17(14)22/h2-7,12,16H,8-11,13H2,1H3,(H,23,25). The van der Waals surface area contributed by atoms with Crippen LogP contribution in [0.1, 0.15) is 18.4 Å². The van der Waals surface area contributed by atoms with Gasteiger partial charge in [-0.1, -0.05) is 41.4 Å². The number of hydrogen-bond acceptors (Lipinski definition) is 3. The largest absolute Gasteiger partial charge is 0.493 e. The Labute approximate surface area is 169 Å². The van der Waals surface area contributed by atoms with E-state index in [4.69, 9.17) is 32.7 Å². The minimum absolute atomic E-state index is 0.0658. The van der Waals surface area contributed by atoms with Crippen LogP contribution in [-0.4, -0.2) is 37.2 Å². The highest BCUT2D eigenvalue weighted by atomic mass is 35.5. The van der Waals surface area contributed by atoms with Crippen molar-refractivity contribution in [2.45, 2.75) is 25.5 Å². The van der Waals surface area contributed by atoms with Crippen LogP contribution in [0.15, 0.2) is 42.5 Å². The topological polar surface area (TPSA) is 50.8 Å². The van der Waals surface area contributed by atoms with Crippen LogP contribution in [0.2, 0.25) is 10.0 Å². The van der Waals surface area contributed by atoms with Gasteiger partial charge in [0.15, 0.2) is 11.5 Å². The minimum Gasteiger partial charge on any atom is -0.493 e. The predicted octanol–water partition coefficient (Wildman–Crippen LogP) is 4.76. The van der Waals surface area contributed by atoms with E-state index in [0.717, 1.165) is 29.9 Å². The van der Waals surface area contributed by atoms with Crippen LogP contribution >= 0.6 is 23.2 Å². The molecule has 0 spiro atoms. The van der Waals surface area contributed by atoms with E-state index in [1.165, 1.54) is 0 Å². The number of nitrogens with one attached hydrogen (secondary N) is 1. The van der Waals surface area contributed by atoms with Crippen LogP contribution in [0, 0.1) is 0 Å². The van der Waals surface area contributed by atoms with Gasteiger partial charge in [-0.25, -0.2) is 4.79 Å². The lowest BCUT2D eigenvalue weighted by atomic mass is 10.1. The molecular weight excluding hydrogens is 387 g/mol. The summed E-state index contributed by atoms with van der Waals surface area (Å²) in [5, 5.41) is 4.03. The number of rotatable bonds is 5. The van der Waals surface area contributed by atoms with Gasteiger partial charge in [0, 0.05) is 42.5 Å². The Hall–Kier alpha value is -2.11. The molecule has 0 bridgehead atoms. The van der Waals surface area contributed by atoms with Gasteiger partial charge in [0.2, 0.25) is 0 Å². The molecule has 1 aliphatic heterocycles. The van der Waals surface area contributed by atoms with E-state index in [9.17, 15) is 4.79 Å². The van der Waals surface area contributed by atoms with Crippen molar-refractivity contribution in [2.24, 2.45) is 0 Å². The number of ether oxygens (including phenoxy) is 2. The number of piperidine rings is 1. The van der Waals surface area contributed by atoms with Crippen molar-refractivity contribution in [3.8, 4) is 11.5 Å². The second-order valence-electron chi connectivity index (χ2n) is 6.35. The number of para-hydroxylation sites is 2. The number of methoxy groups -OCH3 is 1. The summed E-state index contributed by atoms with van der Waals surface area (Å²) in [6.07, 6.45) is 1.61. The summed E-state index contributed by atoms with van der Waals surface area (Å²) >= 11 is 12.0. The third-order valence-electron chi connectivity index (χ3n) is 4.54. The summed E-state index contributed by atoms with van der Waals surface area (Å²) < 4.78 is 11.4. The van der Waals surface area contributed by atoms with Crippen molar-refractivity contribution in [2.75, 3.05) is 20.2 Å². The first kappa shape index (κ1) is 19.6. The molecular formula is C20H22Cl2N2O3. The number of amides is 2. The maximum atomic E-state index is 12.4. The SMILES string of the molecule is COc1ccccc1OC1CCN(C(=O)NCc2ccc(Cl)cc2Cl)CC1. The molecule has 2 amide bonds. The lowest BCUT2D eigenvalue weighted by molar-refractivity contribution is 0.108. The Balaban J connectivity index is 1.47. The second-order valence-corrected chi connectivity index (χ2v) is 7.19. The average molecular weight is 409 g/mol. The lowest BCUT2D eigenvalue weighted by Gasteiger charge is -2.32. The van der Waals surface area contributed by atoms with Crippen LogP contribution in [-0.2, 0) is 6.54 Å². The Morgan fingerprint density at radius 3 is 2.52 bits per heavy atom. The number of nitrogens with zero attached hydrogens (tertiary/aromatic N) is 1. The van der Waals surface area contributed by atoms with Gasteiger partial charge in [0.25, 0.3) is 0 Å². The van der Waals surface area contributed by atoms with Gasteiger partial charge in [-0.05, 0) is 29.8 Å². The van der Waals surface area contributed by atoms with E-state index in [1.807, 2.05) is 30.3 Å². The second kappa shape index (κ2) is 9.20. The van der Waals surface area contributed by atoms with E-state index in [1.54, 1.807) is 24.1 Å². The van der Waals surface area contributed by atoms with Crippen molar-refractivity contribution in [1.82, 2.24) is 10.2 Å². The quantitative estimate of drug-likeness (QED) is 0.775. The fraction of sp³-hybridized carbons (Fsp3) is 0.350. The molecule has 2 aromatic carbocycles. The smallest absolute Gasteiger partial charge is 0.317 e. The Morgan fingerprint density at radius 1 is 1.15 bits per heavy atom. The van der Waals surface area contributed by atoms with Crippen molar-refractivity contribution in [3.63, 3.8) is 0 Å². The summed E-state index contributed by atoms with van der Waals surface area (Å²) in [6, 6.07) is 12.7. The first-order chi connectivity index (χ1) is 13.1. The van der Waals surface area contributed by atoms with Gasteiger partial charge in [-0.3, -0.25) is 0 Å². The molecule has 0 unspecified atom stereocenters. The summed E-state index contributed by atoms with van der Waals surface area (Å²) in [5.41, 5.74) is 0.837. The minimum atomic E-state index is -0.100. The number of urea groups is 1. The van der Waals surface area contributed by atoms with E-state index < -0.39 is 0 Å². The van der Waals surface area contributed by atoms with Crippen LogP contribution in [0.5, 0.6) is 11.5 Å². The van der Waals surface area contributed by atoms with Crippen molar-refractivity contribution >= 4 is 29.2 Å². The zero-order valence-corrected chi connectivity index (χ0v) is 16.6. The highest BCUT2D eigenvalue weighted by molar-refractivity contribution is 6.35. The molecule has 1 saturated heterocycles. The maximum Gasteiger partial charge on any atom is 0.317 e. The monoisotopic (exact) mass is 408 g/mol. The number of hydrogen-bond donors (Lipinski definition) is 1. The summed E-state index contributed by atoms with van der Waals surface area (Å²) in [5.74, 6) is 1.46. The van der Waals surface area contributed by atoms with Gasteiger partial charge in [0.1, 0.15) is 6.10 Å². The van der Waals surface area contributed by atoms with Crippen LogP contribution in [0.3, 0.4) is 0 Å². The highest BCUT2D eigenvalue weighted by Gasteiger charge is 2.24. The van der Waals surface area contributed by atoms with E-state index in [-0.39, 0.29) is 12.1 Å². The third kappa shape index (κ3) is 5.21. The molecule has 0 aliphatic carbocycles. The lowest BCUT2D eigenvalue weighted by Crippen LogP contribution is -2.46. The fourth-order valence-electron chi connectivity index (χ4n) is 3.02. The molecule has 7 heteroatoms. The Kier molecular flexibility index (Phi) is 6.69. The van der Waals surface area contributed by atoms with Crippen molar-refractivity contribution in [3.05, 3.63) is 58.1 Å². The molecule has 1 heterocycles. The van der Waals surface area contributed by atoms with E-state index in [0.29, 0.717) is 29.7 Å². The molecule has 0 saturated carbocycles. The molecule has 144 valence electrons. The van der Waals surface area contributed by atoms with Gasteiger partial charge in [-0.2, -0.15) is 0 Å². The Morgan fingerprint density at radius 2 is 1.85 bits per heavy atom. The van der Waals surface area contributed by atoms with E-state index in [2.05, 4.69) is 5.32 Å². The average Bonchev–Trinajstić information content (AvgIpc) is 2.68. The molecule has 3 rings (SSSR count). The molecule has 1 fully saturated rings. The van der Waals surface area contributed by atoms with Crippen molar-refractivity contribution in [1.29, 1.82) is 0 Å². The van der Waals surface area contributed by atoms with Gasteiger partial charge in [0.05, 0.1) is 7.11 Å². The molecule has 1 N–H and O–H groups in total. The highest BCUT2D eigenvalue weighted by Crippen LogP contribution is 2.29. The molecule has 2 aromatic rings. The third-order valence-corrected chi connectivity index (χ3v) is 5.12. The summed E-state index contributed by atoms with van der Waals surface area (Å²) in [7, 11) is 1.63. The number of carbonyl (C=O) groups excluding carboxylic acids is 1. The summed E-state index contributed by atoms with van der Waals surface area (Å²) in [6.45, 7) is 1.65. The fourth-order valence-corrected chi connectivity index (χ4v) is 3.50. The van der Waals surface area contributed by atoms with Crippen LogP contribution in [0.25, 0.3) is 0 Å². The number of likely N-dealkylation sites (tertiary alicyclic amines) is 1. The molecule has 1 aliphatic rings. The van der Waals surface area contributed by atoms with Crippen LogP contribution < -0.4 is 14.8 Å². The van der Waals surface area contributed by atoms with E-state index >= 15 is 0 Å². The molecule has 0 atom stereocenters. The zero-order chi connectivity index (χ0) is 19.2. The normalized spacial score (nSPS) is 14.7. The predicted molar refractivity (Wildman–Crippen MR) is 107 cm³/mol. The van der Waals surface area contributed by atoms with Crippen molar-refractivity contribution < 1.29 is 14.3 Å². The number of carbonyl (C=O) groups is 1. The van der Waals surface area contributed by atoms with Gasteiger partial charge >= 0.3 is 6.03 Å². The number of halogens is 2. The molecule has 0 radical (unpaired) electrons. The molecule has 5 nitrogen and oxygen atoms in total. The summed E-state index contributed by atoms with van der Waals surface area (Å²) in [4.78, 5) is 14.2. The first-order valence-corrected chi connectivity index (χ1v) is 9.59. The zero-order valence-electron chi connectivity index (χ0n) is 15.1. The number of benzene rings is 2. The van der Waals surface area contributed by atoms with Crippen LogP contribution in [0.4, 0.5) is 4.79 Å². The van der Waals surface area contributed by atoms with Gasteiger partial charge in [-0.15, -0.1) is 0 Å². The Bertz CT molecular complexity index is 793.